The van der Waals surface area contributed by atoms with Crippen molar-refractivity contribution in [1.29, 1.82) is 0 Å². The molecule has 0 radical (unpaired) electrons. The van der Waals surface area contributed by atoms with Crippen LogP contribution < -0.4 is 10.6 Å². The highest BCUT2D eigenvalue weighted by atomic mass is 32.1. The van der Waals surface area contributed by atoms with Gasteiger partial charge in [-0.2, -0.15) is 0 Å². The maximum Gasteiger partial charge on any atom is 0.230 e. The molecule has 22 heavy (non-hydrogen) atoms. The molecule has 1 amide bonds. The van der Waals surface area contributed by atoms with Crippen molar-refractivity contribution in [2.75, 3.05) is 10.6 Å². The minimum Gasteiger partial charge on any atom is -0.375 e. The lowest BCUT2D eigenvalue weighted by Gasteiger charge is -2.22. The quantitative estimate of drug-likeness (QED) is 0.924. The molecule has 1 fully saturated rings. The molecular weight excluding hydrogens is 294 g/mol. The van der Waals surface area contributed by atoms with Gasteiger partial charge < -0.3 is 10.6 Å². The van der Waals surface area contributed by atoms with E-state index in [-0.39, 0.29) is 12.0 Å². The zero-order valence-electron chi connectivity index (χ0n) is 12.8. The third kappa shape index (κ3) is 2.11. The second kappa shape index (κ2) is 4.81. The van der Waals surface area contributed by atoms with E-state index in [2.05, 4.69) is 30.1 Å². The number of rotatable bonds is 2. The largest absolute Gasteiger partial charge is 0.375 e. The second-order valence-corrected chi connectivity index (χ2v) is 7.57. The number of carbonyl (C=O) groups is 1. The highest BCUT2D eigenvalue weighted by molar-refractivity contribution is 7.15. The summed E-state index contributed by atoms with van der Waals surface area (Å²) in [6.45, 7) is 4.17. The van der Waals surface area contributed by atoms with Gasteiger partial charge in [-0.25, -0.2) is 4.98 Å². The Labute approximate surface area is 134 Å². The Bertz CT molecular complexity index is 763. The van der Waals surface area contributed by atoms with Crippen molar-refractivity contribution >= 4 is 28.1 Å². The molecule has 1 atom stereocenters. The zero-order chi connectivity index (χ0) is 15.4. The summed E-state index contributed by atoms with van der Waals surface area (Å²) in [5.74, 6) is 0.557. The molecule has 1 aliphatic heterocycles. The van der Waals surface area contributed by atoms with Crippen LogP contribution in [0.25, 0.3) is 11.3 Å². The Hall–Kier alpha value is -1.88. The van der Waals surface area contributed by atoms with Gasteiger partial charge in [0.05, 0.1) is 5.69 Å². The molecule has 0 saturated heterocycles. The molecule has 0 spiro atoms. The molecular formula is C17H19N3OS. The van der Waals surface area contributed by atoms with Gasteiger partial charge >= 0.3 is 0 Å². The number of nitrogens with zero attached hydrogens (tertiary/aromatic N) is 2. The van der Waals surface area contributed by atoms with Gasteiger partial charge in [0.15, 0.2) is 5.13 Å². The van der Waals surface area contributed by atoms with Crippen LogP contribution in [0, 0.1) is 12.8 Å². The summed E-state index contributed by atoms with van der Waals surface area (Å²) >= 11 is 1.52. The molecule has 1 aromatic heterocycles. The zero-order valence-corrected chi connectivity index (χ0v) is 13.6. The monoisotopic (exact) mass is 313 g/mol. The predicted octanol–water partition coefficient (Wildman–Crippen LogP) is 3.39. The summed E-state index contributed by atoms with van der Waals surface area (Å²) < 4.78 is 0. The molecule has 4 nitrogen and oxygen atoms in total. The van der Waals surface area contributed by atoms with Crippen LogP contribution in [0.15, 0.2) is 18.2 Å². The molecule has 114 valence electrons. The number of fused-ring (bicyclic) bond motifs is 1. The summed E-state index contributed by atoms with van der Waals surface area (Å²) in [5.41, 5.74) is 10.2. The van der Waals surface area contributed by atoms with E-state index >= 15 is 0 Å². The molecule has 1 aromatic carbocycles. The van der Waals surface area contributed by atoms with Crippen LogP contribution in [0.3, 0.4) is 0 Å². The molecule has 1 aliphatic carbocycles. The van der Waals surface area contributed by atoms with Crippen molar-refractivity contribution in [3.8, 4) is 11.3 Å². The van der Waals surface area contributed by atoms with Gasteiger partial charge in [0.2, 0.25) is 5.91 Å². The topological polar surface area (TPSA) is 59.2 Å². The lowest BCUT2D eigenvalue weighted by molar-refractivity contribution is -0.120. The smallest absolute Gasteiger partial charge is 0.230 e. The number of hydrogen-bond acceptors (Lipinski definition) is 4. The first-order chi connectivity index (χ1) is 10.5. The number of aryl methyl sites for hydroxylation is 1. The Morgan fingerprint density at radius 2 is 2.18 bits per heavy atom. The van der Waals surface area contributed by atoms with Crippen LogP contribution >= 0.6 is 11.3 Å². The highest BCUT2D eigenvalue weighted by Gasteiger charge is 2.39. The highest BCUT2D eigenvalue weighted by Crippen LogP contribution is 2.40. The molecule has 2 aliphatic rings. The Morgan fingerprint density at radius 1 is 1.41 bits per heavy atom. The minimum atomic E-state index is 0.250. The first kappa shape index (κ1) is 13.8. The lowest BCUT2D eigenvalue weighted by Crippen LogP contribution is -2.36. The van der Waals surface area contributed by atoms with Crippen LogP contribution in [0.4, 0.5) is 10.8 Å². The van der Waals surface area contributed by atoms with E-state index in [9.17, 15) is 4.79 Å². The number of nitrogens with two attached hydrogens (primary N) is 1. The van der Waals surface area contributed by atoms with E-state index in [0.29, 0.717) is 11.0 Å². The van der Waals surface area contributed by atoms with Gasteiger partial charge in [0, 0.05) is 28.1 Å². The minimum absolute atomic E-state index is 0.250. The summed E-state index contributed by atoms with van der Waals surface area (Å²) in [4.78, 5) is 20.1. The SMILES string of the molecule is Cc1sc(N)nc1-c1ccc2c(c1)CC(C)N2C(=O)C1CC1. The summed E-state index contributed by atoms with van der Waals surface area (Å²) in [6.07, 6.45) is 3.01. The van der Waals surface area contributed by atoms with Crippen LogP contribution in [0.5, 0.6) is 0 Å². The van der Waals surface area contributed by atoms with Gasteiger partial charge in [-0.1, -0.05) is 6.07 Å². The standard InChI is InChI=1S/C17H19N3OS/c1-9-7-13-8-12(15-10(2)22-17(18)19-15)5-6-14(13)20(9)16(21)11-3-4-11/h5-6,8-9,11H,3-4,7H2,1-2H3,(H2,18,19). The van der Waals surface area contributed by atoms with Crippen molar-refractivity contribution in [3.63, 3.8) is 0 Å². The van der Waals surface area contributed by atoms with Gasteiger partial charge in [-0.3, -0.25) is 4.79 Å². The number of anilines is 2. The van der Waals surface area contributed by atoms with Gasteiger partial charge in [0.25, 0.3) is 0 Å². The fourth-order valence-electron chi connectivity index (χ4n) is 3.33. The van der Waals surface area contributed by atoms with Crippen molar-refractivity contribution in [3.05, 3.63) is 28.6 Å². The van der Waals surface area contributed by atoms with Crippen molar-refractivity contribution in [2.24, 2.45) is 5.92 Å². The molecule has 1 saturated carbocycles. The van der Waals surface area contributed by atoms with E-state index in [1.165, 1.54) is 16.9 Å². The first-order valence-corrected chi connectivity index (χ1v) is 8.55. The van der Waals surface area contributed by atoms with E-state index in [4.69, 9.17) is 5.73 Å². The van der Waals surface area contributed by atoms with Crippen LogP contribution in [-0.4, -0.2) is 16.9 Å². The molecule has 0 bridgehead atoms. The third-order valence-corrected chi connectivity index (χ3v) is 5.35. The van der Waals surface area contributed by atoms with Crippen molar-refractivity contribution < 1.29 is 4.79 Å². The Morgan fingerprint density at radius 3 is 2.82 bits per heavy atom. The summed E-state index contributed by atoms with van der Waals surface area (Å²) in [6, 6.07) is 6.56. The summed E-state index contributed by atoms with van der Waals surface area (Å²) in [5, 5.41) is 0.604. The van der Waals surface area contributed by atoms with Crippen molar-refractivity contribution in [1.82, 2.24) is 4.98 Å². The number of nitrogen functional groups attached to an aromatic ring is 1. The lowest BCUT2D eigenvalue weighted by atomic mass is 10.0. The normalized spacial score (nSPS) is 20.3. The fraction of sp³-hybridized carbons (Fsp3) is 0.412. The number of amides is 1. The molecule has 1 unspecified atom stereocenters. The fourth-order valence-corrected chi connectivity index (χ4v) is 4.04. The van der Waals surface area contributed by atoms with Crippen LogP contribution in [-0.2, 0) is 11.2 Å². The van der Waals surface area contributed by atoms with Crippen LogP contribution in [0.2, 0.25) is 0 Å². The van der Waals surface area contributed by atoms with E-state index < -0.39 is 0 Å². The predicted molar refractivity (Wildman–Crippen MR) is 90.1 cm³/mol. The maximum atomic E-state index is 12.5. The molecule has 2 heterocycles. The number of aromatic nitrogens is 1. The van der Waals surface area contributed by atoms with Gasteiger partial charge in [-0.05, 0) is 50.8 Å². The average Bonchev–Trinajstić information content (AvgIpc) is 3.19. The maximum absolute atomic E-state index is 12.5. The third-order valence-electron chi connectivity index (χ3n) is 4.55. The van der Waals surface area contributed by atoms with Crippen LogP contribution in [0.1, 0.15) is 30.2 Å². The molecule has 4 rings (SSSR count). The Balaban J connectivity index is 1.72. The van der Waals surface area contributed by atoms with Gasteiger partial charge in [-0.15, -0.1) is 11.3 Å². The second-order valence-electron chi connectivity index (χ2n) is 6.34. The molecule has 2 aromatic rings. The van der Waals surface area contributed by atoms with Gasteiger partial charge in [0.1, 0.15) is 0 Å². The van der Waals surface area contributed by atoms with E-state index in [1.807, 2.05) is 11.8 Å². The van der Waals surface area contributed by atoms with E-state index in [1.54, 1.807) is 0 Å². The summed E-state index contributed by atoms with van der Waals surface area (Å²) in [7, 11) is 0. The van der Waals surface area contributed by atoms with E-state index in [0.717, 1.165) is 41.1 Å². The average molecular weight is 313 g/mol. The number of hydrogen-bond donors (Lipinski definition) is 1. The van der Waals surface area contributed by atoms with Crippen molar-refractivity contribution in [2.45, 2.75) is 39.2 Å². The molecule has 5 heteroatoms. The molecule has 2 N–H and O–H groups in total. The number of thiazole rings is 1. The number of benzene rings is 1. The Kier molecular flexibility index (Phi) is 3.01. The first-order valence-electron chi connectivity index (χ1n) is 7.74. The number of carbonyl (C=O) groups excluding carboxylic acids is 1.